The van der Waals surface area contributed by atoms with Crippen LogP contribution in [0, 0.1) is 0 Å². The number of rotatable bonds is 4. The average Bonchev–Trinajstić information content (AvgIpc) is 2.39. The number of nitrogens with one attached hydrogen (secondary N) is 1. The van der Waals surface area contributed by atoms with Gasteiger partial charge in [0.15, 0.2) is 0 Å². The summed E-state index contributed by atoms with van der Waals surface area (Å²) in [7, 11) is 1.59. The quantitative estimate of drug-likeness (QED) is 0.879. The van der Waals surface area contributed by atoms with Gasteiger partial charge in [-0.15, -0.1) is 0 Å². The van der Waals surface area contributed by atoms with Crippen LogP contribution in [0.3, 0.4) is 0 Å². The molecule has 0 aromatic heterocycles. The van der Waals surface area contributed by atoms with Crippen molar-refractivity contribution in [2.75, 3.05) is 12.4 Å². The average molecular weight is 278 g/mol. The molecule has 0 spiro atoms. The summed E-state index contributed by atoms with van der Waals surface area (Å²) in [6.45, 7) is 2.02. The lowest BCUT2D eigenvalue weighted by atomic mass is 10.1. The van der Waals surface area contributed by atoms with Gasteiger partial charge >= 0.3 is 0 Å². The van der Waals surface area contributed by atoms with Crippen molar-refractivity contribution in [2.45, 2.75) is 13.0 Å². The second kappa shape index (κ2) is 5.85. The molecule has 0 saturated carbocycles. The van der Waals surface area contributed by atoms with Gasteiger partial charge in [0.1, 0.15) is 11.5 Å². The first-order chi connectivity index (χ1) is 9.10. The maximum Gasteiger partial charge on any atom is 0.137 e. The van der Waals surface area contributed by atoms with Crippen LogP contribution in [0.25, 0.3) is 0 Å². The van der Waals surface area contributed by atoms with Gasteiger partial charge in [0.05, 0.1) is 12.1 Å². The summed E-state index contributed by atoms with van der Waals surface area (Å²) in [5, 5.41) is 13.4. The first-order valence-corrected chi connectivity index (χ1v) is 6.37. The molecule has 100 valence electrons. The Morgan fingerprint density at radius 2 is 2.00 bits per heavy atom. The SMILES string of the molecule is COc1ccc(NC(C)c2cccc(O)c2)cc1Cl. The molecule has 0 bridgehead atoms. The maximum absolute atomic E-state index is 9.48. The maximum atomic E-state index is 9.48. The zero-order valence-corrected chi connectivity index (χ0v) is 11.6. The van der Waals surface area contributed by atoms with Crippen LogP contribution in [0.2, 0.25) is 5.02 Å². The number of ether oxygens (including phenoxy) is 1. The second-order valence-electron chi connectivity index (χ2n) is 4.31. The zero-order valence-electron chi connectivity index (χ0n) is 10.9. The molecule has 1 atom stereocenters. The molecule has 0 aliphatic heterocycles. The number of benzene rings is 2. The van der Waals surface area contributed by atoms with Crippen molar-refractivity contribution in [1.29, 1.82) is 0 Å². The Morgan fingerprint density at radius 3 is 2.63 bits per heavy atom. The van der Waals surface area contributed by atoms with Crippen LogP contribution < -0.4 is 10.1 Å². The molecular weight excluding hydrogens is 262 g/mol. The highest BCUT2D eigenvalue weighted by molar-refractivity contribution is 6.32. The van der Waals surface area contributed by atoms with Crippen LogP contribution in [0.4, 0.5) is 5.69 Å². The molecule has 0 heterocycles. The highest BCUT2D eigenvalue weighted by Crippen LogP contribution is 2.29. The minimum absolute atomic E-state index is 0.0663. The molecule has 0 aliphatic rings. The molecule has 2 rings (SSSR count). The van der Waals surface area contributed by atoms with E-state index < -0.39 is 0 Å². The van der Waals surface area contributed by atoms with E-state index in [4.69, 9.17) is 16.3 Å². The summed E-state index contributed by atoms with van der Waals surface area (Å²) in [6, 6.07) is 12.8. The molecule has 0 fully saturated rings. The highest BCUT2D eigenvalue weighted by Gasteiger charge is 2.07. The minimum atomic E-state index is 0.0663. The minimum Gasteiger partial charge on any atom is -0.508 e. The predicted molar refractivity (Wildman–Crippen MR) is 78.1 cm³/mol. The number of phenolic OH excluding ortho intramolecular Hbond substituents is 1. The Bertz CT molecular complexity index is 572. The molecule has 0 amide bonds. The first kappa shape index (κ1) is 13.6. The molecule has 4 heteroatoms. The summed E-state index contributed by atoms with van der Waals surface area (Å²) >= 11 is 6.08. The fourth-order valence-electron chi connectivity index (χ4n) is 1.88. The van der Waals surface area contributed by atoms with Gasteiger partial charge in [0.2, 0.25) is 0 Å². The van der Waals surface area contributed by atoms with Gasteiger partial charge in [0, 0.05) is 11.7 Å². The fraction of sp³-hybridized carbons (Fsp3) is 0.200. The molecule has 3 nitrogen and oxygen atoms in total. The monoisotopic (exact) mass is 277 g/mol. The van der Waals surface area contributed by atoms with Crippen LogP contribution in [0.1, 0.15) is 18.5 Å². The smallest absolute Gasteiger partial charge is 0.137 e. The van der Waals surface area contributed by atoms with Gasteiger partial charge in [-0.1, -0.05) is 23.7 Å². The lowest BCUT2D eigenvalue weighted by molar-refractivity contribution is 0.415. The van der Waals surface area contributed by atoms with Gasteiger partial charge < -0.3 is 15.2 Å². The number of methoxy groups -OCH3 is 1. The third-order valence-corrected chi connectivity index (χ3v) is 3.20. The van der Waals surface area contributed by atoms with Crippen LogP contribution in [-0.2, 0) is 0 Å². The summed E-state index contributed by atoms with van der Waals surface area (Å²) in [5.74, 6) is 0.913. The van der Waals surface area contributed by atoms with Crippen molar-refractivity contribution in [2.24, 2.45) is 0 Å². The third-order valence-electron chi connectivity index (χ3n) is 2.91. The Hall–Kier alpha value is -1.87. The van der Waals surface area contributed by atoms with Gasteiger partial charge in [-0.25, -0.2) is 0 Å². The van der Waals surface area contributed by atoms with Gasteiger partial charge in [-0.05, 0) is 42.8 Å². The van der Waals surface area contributed by atoms with Crippen molar-refractivity contribution >= 4 is 17.3 Å². The number of halogens is 1. The lowest BCUT2D eigenvalue weighted by Gasteiger charge is -2.16. The summed E-state index contributed by atoms with van der Waals surface area (Å²) in [6.07, 6.45) is 0. The highest BCUT2D eigenvalue weighted by atomic mass is 35.5. The molecule has 2 aromatic carbocycles. The van der Waals surface area contributed by atoms with E-state index in [1.807, 2.05) is 37.3 Å². The number of hydrogen-bond acceptors (Lipinski definition) is 3. The van der Waals surface area contributed by atoms with Gasteiger partial charge in [-0.2, -0.15) is 0 Å². The molecule has 0 aliphatic carbocycles. The largest absolute Gasteiger partial charge is 0.508 e. The molecule has 19 heavy (non-hydrogen) atoms. The topological polar surface area (TPSA) is 41.5 Å². The first-order valence-electron chi connectivity index (χ1n) is 5.99. The van der Waals surface area contributed by atoms with Crippen LogP contribution in [0.5, 0.6) is 11.5 Å². The molecule has 2 aromatic rings. The van der Waals surface area contributed by atoms with Crippen molar-refractivity contribution in [3.05, 3.63) is 53.1 Å². The lowest BCUT2D eigenvalue weighted by Crippen LogP contribution is -2.06. The van der Waals surface area contributed by atoms with Gasteiger partial charge in [-0.3, -0.25) is 0 Å². The fourth-order valence-corrected chi connectivity index (χ4v) is 2.14. The van der Waals surface area contributed by atoms with Crippen molar-refractivity contribution < 1.29 is 9.84 Å². The molecular formula is C15H16ClNO2. The summed E-state index contributed by atoms with van der Waals surface area (Å²) < 4.78 is 5.11. The second-order valence-corrected chi connectivity index (χ2v) is 4.72. The normalized spacial score (nSPS) is 11.9. The number of phenols is 1. The van der Waals surface area contributed by atoms with E-state index in [0.717, 1.165) is 11.3 Å². The number of aromatic hydroxyl groups is 1. The third kappa shape index (κ3) is 3.32. The summed E-state index contributed by atoms with van der Waals surface area (Å²) in [5.41, 5.74) is 1.91. The molecule has 0 saturated heterocycles. The van der Waals surface area contributed by atoms with E-state index in [0.29, 0.717) is 10.8 Å². The van der Waals surface area contributed by atoms with Crippen LogP contribution >= 0.6 is 11.6 Å². The molecule has 1 unspecified atom stereocenters. The van der Waals surface area contributed by atoms with E-state index in [2.05, 4.69) is 5.32 Å². The Labute approximate surface area is 117 Å². The van der Waals surface area contributed by atoms with E-state index in [1.165, 1.54) is 0 Å². The van der Waals surface area contributed by atoms with Gasteiger partial charge in [0.25, 0.3) is 0 Å². The Balaban J connectivity index is 2.14. The summed E-state index contributed by atoms with van der Waals surface area (Å²) in [4.78, 5) is 0. The number of anilines is 1. The Morgan fingerprint density at radius 1 is 1.21 bits per heavy atom. The van der Waals surface area contributed by atoms with Crippen molar-refractivity contribution in [1.82, 2.24) is 0 Å². The standard InChI is InChI=1S/C15H16ClNO2/c1-10(11-4-3-5-13(18)8-11)17-12-6-7-15(19-2)14(16)9-12/h3-10,17-18H,1-2H3. The van der Waals surface area contributed by atoms with E-state index in [9.17, 15) is 5.11 Å². The van der Waals surface area contributed by atoms with Crippen LogP contribution in [-0.4, -0.2) is 12.2 Å². The van der Waals surface area contributed by atoms with Crippen molar-refractivity contribution in [3.8, 4) is 11.5 Å². The van der Waals surface area contributed by atoms with Crippen molar-refractivity contribution in [3.63, 3.8) is 0 Å². The Kier molecular flexibility index (Phi) is 4.17. The number of hydrogen-bond donors (Lipinski definition) is 2. The van der Waals surface area contributed by atoms with E-state index in [-0.39, 0.29) is 11.8 Å². The molecule has 2 N–H and O–H groups in total. The van der Waals surface area contributed by atoms with Crippen LogP contribution in [0.15, 0.2) is 42.5 Å². The zero-order chi connectivity index (χ0) is 13.8. The molecule has 0 radical (unpaired) electrons. The van der Waals surface area contributed by atoms with E-state index >= 15 is 0 Å². The van der Waals surface area contributed by atoms with E-state index in [1.54, 1.807) is 19.2 Å². The predicted octanol–water partition coefficient (Wildman–Crippen LogP) is 4.23.